The van der Waals surface area contributed by atoms with Crippen LogP contribution in [0.15, 0.2) is 9.59 Å². The van der Waals surface area contributed by atoms with Gasteiger partial charge in [0.1, 0.15) is 0 Å². The van der Waals surface area contributed by atoms with Gasteiger partial charge in [0.05, 0.1) is 0 Å². The molecule has 0 spiro atoms. The van der Waals surface area contributed by atoms with Crippen LogP contribution in [0.5, 0.6) is 0 Å². The predicted octanol–water partition coefficient (Wildman–Crippen LogP) is 1.84. The van der Waals surface area contributed by atoms with Crippen molar-refractivity contribution in [2.75, 3.05) is 25.1 Å². The summed E-state index contributed by atoms with van der Waals surface area (Å²) in [6, 6.07) is 0. The van der Waals surface area contributed by atoms with Crippen LogP contribution in [0.1, 0.15) is 46.0 Å². The number of imidazole rings is 1. The average Bonchev–Trinajstić information content (AvgIpc) is 2.96. The van der Waals surface area contributed by atoms with Gasteiger partial charge in [-0.1, -0.05) is 26.2 Å². The number of unbranched alkanes of at least 4 members (excludes halogenated alkanes) is 3. The van der Waals surface area contributed by atoms with E-state index in [0.29, 0.717) is 43.4 Å². The minimum Gasteiger partial charge on any atom is -0.382 e. The molecule has 2 aromatic heterocycles. The Morgan fingerprint density at radius 3 is 2.68 bits per heavy atom. The minimum absolute atomic E-state index is 0.386. The summed E-state index contributed by atoms with van der Waals surface area (Å²) < 4.78 is 8.61. The van der Waals surface area contributed by atoms with Crippen LogP contribution in [0.25, 0.3) is 11.2 Å². The second-order valence-electron chi connectivity index (χ2n) is 6.12. The van der Waals surface area contributed by atoms with Crippen molar-refractivity contribution < 1.29 is 4.74 Å². The van der Waals surface area contributed by atoms with E-state index in [4.69, 9.17) is 4.74 Å². The fourth-order valence-corrected chi connectivity index (χ4v) is 2.80. The Morgan fingerprint density at radius 2 is 1.96 bits per heavy atom. The van der Waals surface area contributed by atoms with E-state index in [0.717, 1.165) is 25.7 Å². The Hall–Kier alpha value is -2.09. The first-order valence-electron chi connectivity index (χ1n) is 9.11. The largest absolute Gasteiger partial charge is 0.382 e. The van der Waals surface area contributed by atoms with Crippen LogP contribution in [0.2, 0.25) is 0 Å². The van der Waals surface area contributed by atoms with Crippen LogP contribution in [0.4, 0.5) is 5.95 Å². The number of hydrogen-bond donors (Lipinski definition) is 2. The lowest BCUT2D eigenvalue weighted by atomic mass is 10.2. The van der Waals surface area contributed by atoms with Gasteiger partial charge in [-0.25, -0.2) is 4.79 Å². The number of aryl methyl sites for hydroxylation is 2. The third-order valence-electron chi connectivity index (χ3n) is 4.20. The molecule has 0 aliphatic heterocycles. The Kier molecular flexibility index (Phi) is 7.24. The average molecular weight is 351 g/mol. The fraction of sp³-hybridized carbons (Fsp3) is 0.706. The Bertz CT molecular complexity index is 790. The normalized spacial score (nSPS) is 11.3. The zero-order chi connectivity index (χ0) is 18.2. The number of rotatable bonds is 11. The summed E-state index contributed by atoms with van der Waals surface area (Å²) in [7, 11) is 1.62. The molecule has 0 aliphatic carbocycles. The molecule has 8 nitrogen and oxygen atoms in total. The van der Waals surface area contributed by atoms with Gasteiger partial charge in [-0.3, -0.25) is 14.3 Å². The van der Waals surface area contributed by atoms with Crippen LogP contribution in [0, 0.1) is 0 Å². The van der Waals surface area contributed by atoms with Crippen LogP contribution < -0.4 is 16.6 Å². The molecule has 2 aromatic rings. The van der Waals surface area contributed by atoms with E-state index < -0.39 is 5.69 Å². The summed E-state index contributed by atoms with van der Waals surface area (Å²) in [5.41, 5.74) is 0.0296. The van der Waals surface area contributed by atoms with E-state index in [1.807, 2.05) is 11.5 Å². The first-order valence-corrected chi connectivity index (χ1v) is 9.11. The van der Waals surface area contributed by atoms with Crippen molar-refractivity contribution in [3.05, 3.63) is 20.8 Å². The van der Waals surface area contributed by atoms with Crippen LogP contribution in [-0.2, 0) is 18.3 Å². The molecule has 0 fully saturated rings. The van der Waals surface area contributed by atoms with Gasteiger partial charge >= 0.3 is 5.69 Å². The van der Waals surface area contributed by atoms with Crippen molar-refractivity contribution in [2.24, 2.45) is 7.05 Å². The highest BCUT2D eigenvalue weighted by Gasteiger charge is 2.16. The third-order valence-corrected chi connectivity index (χ3v) is 4.20. The standard InChI is InChI=1S/C17H29N5O3/c1-4-6-7-8-11-22-13-14(21(3)17(24)20-15(13)23)19-16(22)18-10-9-12-25-5-2/h4-12H2,1-3H3,(H,18,19)(H,20,23,24). The zero-order valence-electron chi connectivity index (χ0n) is 15.4. The van der Waals surface area contributed by atoms with E-state index in [9.17, 15) is 9.59 Å². The van der Waals surface area contributed by atoms with Gasteiger partial charge < -0.3 is 14.6 Å². The number of nitrogens with zero attached hydrogens (tertiary/aromatic N) is 3. The Labute approximate surface area is 147 Å². The molecule has 0 bridgehead atoms. The molecule has 2 N–H and O–H groups in total. The number of aromatic nitrogens is 4. The van der Waals surface area contributed by atoms with E-state index in [2.05, 4.69) is 22.2 Å². The van der Waals surface area contributed by atoms with Gasteiger partial charge in [0.15, 0.2) is 11.2 Å². The third kappa shape index (κ3) is 4.72. The molecule has 2 heterocycles. The van der Waals surface area contributed by atoms with Crippen molar-refractivity contribution in [2.45, 2.75) is 52.5 Å². The lowest BCUT2D eigenvalue weighted by molar-refractivity contribution is 0.147. The Morgan fingerprint density at radius 1 is 1.16 bits per heavy atom. The molecule has 0 aromatic carbocycles. The second-order valence-corrected chi connectivity index (χ2v) is 6.12. The number of hydrogen-bond acceptors (Lipinski definition) is 5. The van der Waals surface area contributed by atoms with Crippen LogP contribution >= 0.6 is 0 Å². The van der Waals surface area contributed by atoms with Gasteiger partial charge in [0.2, 0.25) is 5.95 Å². The summed E-state index contributed by atoms with van der Waals surface area (Å²) in [6.45, 7) is 6.91. The first kappa shape index (κ1) is 19.2. The fourth-order valence-electron chi connectivity index (χ4n) is 2.80. The SMILES string of the molecule is CCCCCCn1c(NCCCOCC)nc2c1c(=O)[nH]c(=O)n2C. The van der Waals surface area contributed by atoms with Crippen molar-refractivity contribution in [3.8, 4) is 0 Å². The van der Waals surface area contributed by atoms with E-state index in [-0.39, 0.29) is 5.56 Å². The monoisotopic (exact) mass is 351 g/mol. The number of H-pyrrole nitrogens is 1. The highest BCUT2D eigenvalue weighted by molar-refractivity contribution is 5.74. The molecule has 0 saturated carbocycles. The summed E-state index contributed by atoms with van der Waals surface area (Å²) in [6.07, 6.45) is 5.24. The molecule has 8 heteroatoms. The van der Waals surface area contributed by atoms with E-state index in [1.54, 1.807) is 7.05 Å². The first-order chi connectivity index (χ1) is 12.1. The Balaban J connectivity index is 2.27. The zero-order valence-corrected chi connectivity index (χ0v) is 15.4. The van der Waals surface area contributed by atoms with Gasteiger partial charge in [-0.05, 0) is 19.8 Å². The van der Waals surface area contributed by atoms with Crippen LogP contribution in [-0.4, -0.2) is 38.9 Å². The second kappa shape index (κ2) is 9.41. The van der Waals surface area contributed by atoms with E-state index >= 15 is 0 Å². The smallest absolute Gasteiger partial charge is 0.329 e. The van der Waals surface area contributed by atoms with Crippen molar-refractivity contribution in [1.29, 1.82) is 0 Å². The van der Waals surface area contributed by atoms with Crippen molar-refractivity contribution in [1.82, 2.24) is 19.1 Å². The molecule has 0 radical (unpaired) electrons. The molecule has 0 aliphatic rings. The summed E-state index contributed by atoms with van der Waals surface area (Å²) in [4.78, 5) is 31.0. The summed E-state index contributed by atoms with van der Waals surface area (Å²) in [5.74, 6) is 0.634. The van der Waals surface area contributed by atoms with Crippen molar-refractivity contribution >= 4 is 17.1 Å². The van der Waals surface area contributed by atoms with Gasteiger partial charge in [-0.15, -0.1) is 0 Å². The highest BCUT2D eigenvalue weighted by Crippen LogP contribution is 2.17. The molecule has 0 atom stereocenters. The topological polar surface area (TPSA) is 93.9 Å². The minimum atomic E-state index is -0.448. The lowest BCUT2D eigenvalue weighted by Gasteiger charge is -2.10. The maximum atomic E-state index is 12.3. The maximum absolute atomic E-state index is 12.3. The molecule has 140 valence electrons. The summed E-state index contributed by atoms with van der Waals surface area (Å²) in [5, 5.41) is 3.28. The van der Waals surface area contributed by atoms with Gasteiger partial charge in [0, 0.05) is 33.4 Å². The van der Waals surface area contributed by atoms with Crippen LogP contribution in [0.3, 0.4) is 0 Å². The molecule has 0 amide bonds. The van der Waals surface area contributed by atoms with E-state index in [1.165, 1.54) is 11.0 Å². The number of ether oxygens (including phenoxy) is 1. The summed E-state index contributed by atoms with van der Waals surface area (Å²) >= 11 is 0. The predicted molar refractivity (Wildman–Crippen MR) is 99.3 cm³/mol. The lowest BCUT2D eigenvalue weighted by Crippen LogP contribution is -2.29. The number of anilines is 1. The molecule has 0 unspecified atom stereocenters. The highest BCUT2D eigenvalue weighted by atomic mass is 16.5. The molecule has 25 heavy (non-hydrogen) atoms. The molecule has 2 rings (SSSR count). The molecular formula is C17H29N5O3. The maximum Gasteiger partial charge on any atom is 0.329 e. The van der Waals surface area contributed by atoms with Gasteiger partial charge in [0.25, 0.3) is 5.56 Å². The molecular weight excluding hydrogens is 322 g/mol. The quantitative estimate of drug-likeness (QED) is 0.603. The van der Waals surface area contributed by atoms with Crippen molar-refractivity contribution in [3.63, 3.8) is 0 Å². The van der Waals surface area contributed by atoms with Gasteiger partial charge in [-0.2, -0.15) is 4.98 Å². The number of aromatic amines is 1. The number of nitrogens with one attached hydrogen (secondary N) is 2. The molecule has 0 saturated heterocycles. The number of fused-ring (bicyclic) bond motifs is 1.